The summed E-state index contributed by atoms with van der Waals surface area (Å²) in [6.45, 7) is 4.55. The number of benzene rings is 9. The maximum Gasteiger partial charge on any atom is 0.0541 e. The van der Waals surface area contributed by atoms with E-state index in [4.69, 9.17) is 0 Å². The van der Waals surface area contributed by atoms with Crippen LogP contribution < -0.4 is 0 Å². The smallest absolute Gasteiger partial charge is 0.0541 e. The topological polar surface area (TPSA) is 4.93 Å². The zero-order valence-corrected chi connectivity index (χ0v) is 28.7. The summed E-state index contributed by atoms with van der Waals surface area (Å²) in [6, 6.07) is 64.7. The Kier molecular flexibility index (Phi) is 6.69. The number of rotatable bonds is 4. The predicted molar refractivity (Wildman–Crippen MR) is 219 cm³/mol. The van der Waals surface area contributed by atoms with Gasteiger partial charge in [-0.15, -0.1) is 0 Å². The van der Waals surface area contributed by atoms with Gasteiger partial charge in [0, 0.05) is 16.5 Å². The number of aryl methyl sites for hydroxylation is 2. The maximum absolute atomic E-state index is 2.47. The highest BCUT2D eigenvalue weighted by molar-refractivity contribution is 6.21. The third kappa shape index (κ3) is 4.55. The van der Waals surface area contributed by atoms with Crippen LogP contribution in [0.1, 0.15) is 11.1 Å². The normalized spacial score (nSPS) is 11.7. The molecule has 0 unspecified atom stereocenters. The van der Waals surface area contributed by atoms with Gasteiger partial charge < -0.3 is 4.57 Å². The molecule has 10 rings (SSSR count). The Balaban J connectivity index is 1.20. The van der Waals surface area contributed by atoms with Crippen molar-refractivity contribution in [1.29, 1.82) is 0 Å². The molecule has 0 atom stereocenters. The van der Waals surface area contributed by atoms with E-state index in [1.807, 2.05) is 0 Å². The lowest BCUT2D eigenvalue weighted by Gasteiger charge is -2.20. The van der Waals surface area contributed by atoms with Crippen LogP contribution in [0, 0.1) is 13.8 Å². The van der Waals surface area contributed by atoms with Crippen molar-refractivity contribution in [3.63, 3.8) is 0 Å². The summed E-state index contributed by atoms with van der Waals surface area (Å²) in [4.78, 5) is 0. The van der Waals surface area contributed by atoms with Gasteiger partial charge in [0.25, 0.3) is 0 Å². The molecule has 0 aliphatic carbocycles. The average molecular weight is 650 g/mol. The standard InChI is InChI=1S/C50H35N/c1-32-30-48(51-46-26-13-12-20-39(46)45-31-36(27-28-47(45)51)38-25-14-18-34-15-6-7-19-37(34)38)33(2)29-44(32)50-42-23-10-8-21-40(42)49(35-16-4-3-5-17-35)41-22-9-11-24-43(41)50/h3-31H,1-2H3. The van der Waals surface area contributed by atoms with Gasteiger partial charge in [-0.05, 0) is 121 Å². The minimum absolute atomic E-state index is 1.22. The Labute approximate surface area is 297 Å². The van der Waals surface area contributed by atoms with Crippen LogP contribution >= 0.6 is 0 Å². The molecule has 0 aliphatic heterocycles. The van der Waals surface area contributed by atoms with Crippen LogP contribution in [0.3, 0.4) is 0 Å². The Morgan fingerprint density at radius 2 is 0.902 bits per heavy atom. The second kappa shape index (κ2) is 11.6. The van der Waals surface area contributed by atoms with Crippen LogP contribution in [0.25, 0.3) is 93.2 Å². The molecule has 1 heterocycles. The minimum Gasteiger partial charge on any atom is -0.309 e. The van der Waals surface area contributed by atoms with Crippen LogP contribution in [0.4, 0.5) is 0 Å². The minimum atomic E-state index is 1.22. The fraction of sp³-hybridized carbons (Fsp3) is 0.0400. The molecule has 0 amide bonds. The Hall–Kier alpha value is -6.44. The molecule has 0 N–H and O–H groups in total. The van der Waals surface area contributed by atoms with Gasteiger partial charge in [0.15, 0.2) is 0 Å². The highest BCUT2D eigenvalue weighted by Gasteiger charge is 2.20. The van der Waals surface area contributed by atoms with Crippen molar-refractivity contribution in [1.82, 2.24) is 4.57 Å². The summed E-state index contributed by atoms with van der Waals surface area (Å²) < 4.78 is 2.47. The number of aromatic nitrogens is 1. The fourth-order valence-corrected chi connectivity index (χ4v) is 8.52. The summed E-state index contributed by atoms with van der Waals surface area (Å²) in [5, 5.41) is 10.2. The Bertz CT molecular complexity index is 2920. The molecule has 10 aromatic rings. The first kappa shape index (κ1) is 29.5. The van der Waals surface area contributed by atoms with E-state index in [0.29, 0.717) is 0 Å². The molecular weight excluding hydrogens is 615 g/mol. The summed E-state index contributed by atoms with van der Waals surface area (Å²) in [5.74, 6) is 0. The van der Waals surface area contributed by atoms with E-state index >= 15 is 0 Å². The van der Waals surface area contributed by atoms with E-state index in [2.05, 4.69) is 194 Å². The van der Waals surface area contributed by atoms with Crippen LogP contribution in [0.5, 0.6) is 0 Å². The molecule has 1 heteroatoms. The van der Waals surface area contributed by atoms with Crippen LogP contribution in [-0.4, -0.2) is 4.57 Å². The lowest BCUT2D eigenvalue weighted by Crippen LogP contribution is -2.00. The molecule has 9 aromatic carbocycles. The second-order valence-electron chi connectivity index (χ2n) is 13.8. The lowest BCUT2D eigenvalue weighted by molar-refractivity contribution is 1.14. The number of fused-ring (bicyclic) bond motifs is 6. The predicted octanol–water partition coefficient (Wildman–Crippen LogP) is 13.9. The van der Waals surface area contributed by atoms with Gasteiger partial charge in [-0.2, -0.15) is 0 Å². The van der Waals surface area contributed by atoms with Crippen molar-refractivity contribution in [3.05, 3.63) is 187 Å². The molecule has 0 spiro atoms. The Morgan fingerprint density at radius 3 is 1.63 bits per heavy atom. The van der Waals surface area contributed by atoms with Gasteiger partial charge in [0.05, 0.1) is 11.0 Å². The molecule has 240 valence electrons. The molecule has 0 radical (unpaired) electrons. The molecule has 0 aliphatic rings. The highest BCUT2D eigenvalue weighted by atomic mass is 15.0. The van der Waals surface area contributed by atoms with Crippen molar-refractivity contribution in [2.45, 2.75) is 13.8 Å². The Morgan fingerprint density at radius 1 is 0.333 bits per heavy atom. The zero-order chi connectivity index (χ0) is 34.1. The molecule has 0 fully saturated rings. The molecule has 0 saturated carbocycles. The number of hydrogen-bond acceptors (Lipinski definition) is 0. The third-order valence-corrected chi connectivity index (χ3v) is 10.8. The maximum atomic E-state index is 2.47. The van der Waals surface area contributed by atoms with E-state index in [9.17, 15) is 0 Å². The van der Waals surface area contributed by atoms with Crippen molar-refractivity contribution >= 4 is 54.1 Å². The zero-order valence-electron chi connectivity index (χ0n) is 28.7. The van der Waals surface area contributed by atoms with Gasteiger partial charge in [0.1, 0.15) is 0 Å². The number of para-hydroxylation sites is 1. The quantitative estimate of drug-likeness (QED) is 0.167. The summed E-state index contributed by atoms with van der Waals surface area (Å²) >= 11 is 0. The first-order chi connectivity index (χ1) is 25.2. The summed E-state index contributed by atoms with van der Waals surface area (Å²) in [6.07, 6.45) is 0. The van der Waals surface area contributed by atoms with Crippen molar-refractivity contribution in [2.75, 3.05) is 0 Å². The average Bonchev–Trinajstić information content (AvgIpc) is 3.51. The summed E-state index contributed by atoms with van der Waals surface area (Å²) in [7, 11) is 0. The molecular formula is C50H35N. The van der Waals surface area contributed by atoms with Crippen molar-refractivity contribution in [3.8, 4) is 39.1 Å². The van der Waals surface area contributed by atoms with Gasteiger partial charge >= 0.3 is 0 Å². The van der Waals surface area contributed by atoms with Crippen LogP contribution in [-0.2, 0) is 0 Å². The third-order valence-electron chi connectivity index (χ3n) is 10.8. The first-order valence-corrected chi connectivity index (χ1v) is 17.8. The van der Waals surface area contributed by atoms with E-state index < -0.39 is 0 Å². The first-order valence-electron chi connectivity index (χ1n) is 17.8. The second-order valence-corrected chi connectivity index (χ2v) is 13.8. The van der Waals surface area contributed by atoms with Crippen LogP contribution in [0.2, 0.25) is 0 Å². The van der Waals surface area contributed by atoms with Crippen LogP contribution in [0.15, 0.2) is 176 Å². The molecule has 1 nitrogen and oxygen atoms in total. The van der Waals surface area contributed by atoms with Crippen molar-refractivity contribution < 1.29 is 0 Å². The monoisotopic (exact) mass is 649 g/mol. The molecule has 0 bridgehead atoms. The number of hydrogen-bond donors (Lipinski definition) is 0. The molecule has 51 heavy (non-hydrogen) atoms. The summed E-state index contributed by atoms with van der Waals surface area (Å²) in [5.41, 5.74) is 13.8. The van der Waals surface area contributed by atoms with Gasteiger partial charge in [-0.25, -0.2) is 0 Å². The van der Waals surface area contributed by atoms with E-state index in [0.717, 1.165) is 0 Å². The van der Waals surface area contributed by atoms with Gasteiger partial charge in [-0.1, -0.05) is 146 Å². The largest absolute Gasteiger partial charge is 0.309 e. The van der Waals surface area contributed by atoms with Crippen molar-refractivity contribution in [2.24, 2.45) is 0 Å². The molecule has 0 saturated heterocycles. The van der Waals surface area contributed by atoms with E-state index in [1.165, 1.54) is 104 Å². The van der Waals surface area contributed by atoms with Gasteiger partial charge in [-0.3, -0.25) is 0 Å². The lowest BCUT2D eigenvalue weighted by atomic mass is 9.84. The SMILES string of the molecule is Cc1cc(-n2c3ccccc3c3cc(-c4cccc5ccccc45)ccc32)c(C)cc1-c1c2ccccc2c(-c2ccccc2)c2ccccc12. The fourth-order valence-electron chi connectivity index (χ4n) is 8.52. The van der Waals surface area contributed by atoms with E-state index in [1.54, 1.807) is 0 Å². The molecule has 1 aromatic heterocycles. The highest BCUT2D eigenvalue weighted by Crippen LogP contribution is 2.45. The van der Waals surface area contributed by atoms with Gasteiger partial charge in [0.2, 0.25) is 0 Å². The van der Waals surface area contributed by atoms with E-state index in [-0.39, 0.29) is 0 Å². The number of nitrogens with zero attached hydrogens (tertiary/aromatic N) is 1.